The van der Waals surface area contributed by atoms with Crippen LogP contribution < -0.4 is 5.56 Å². The fourth-order valence-electron chi connectivity index (χ4n) is 2.74. The lowest BCUT2D eigenvalue weighted by atomic mass is 10.1. The largest absolute Gasteiger partial charge is 0.452 e. The smallest absolute Gasteiger partial charge is 0.344 e. The second-order valence-corrected chi connectivity index (χ2v) is 8.71. The lowest BCUT2D eigenvalue weighted by molar-refractivity contribution is -0.137. The Kier molecular flexibility index (Phi) is 5.99. The van der Waals surface area contributed by atoms with Gasteiger partial charge in [0.25, 0.3) is 11.5 Å². The number of aromatic nitrogens is 1. The van der Waals surface area contributed by atoms with Gasteiger partial charge in [0, 0.05) is 18.8 Å². The van der Waals surface area contributed by atoms with Crippen LogP contribution in [0.1, 0.15) is 30.6 Å². The Morgan fingerprint density at radius 3 is 2.68 bits per heavy atom. The molecule has 0 aliphatic carbocycles. The fourth-order valence-corrected chi connectivity index (χ4v) is 4.47. The molecule has 1 aliphatic rings. The van der Waals surface area contributed by atoms with Gasteiger partial charge in [0.15, 0.2) is 16.4 Å². The van der Waals surface area contributed by atoms with Gasteiger partial charge in [-0.25, -0.2) is 13.2 Å². The van der Waals surface area contributed by atoms with Crippen LogP contribution in [-0.4, -0.2) is 60.9 Å². The molecule has 0 saturated carbocycles. The zero-order valence-electron chi connectivity index (χ0n) is 14.2. The number of hydrogen-bond acceptors (Lipinski definition) is 6. The Balaban J connectivity index is 2.03. The first-order valence-electron chi connectivity index (χ1n) is 8.04. The van der Waals surface area contributed by atoms with Crippen molar-refractivity contribution in [1.29, 1.82) is 0 Å². The third-order valence-electron chi connectivity index (χ3n) is 3.90. The van der Waals surface area contributed by atoms with E-state index in [2.05, 4.69) is 4.98 Å². The van der Waals surface area contributed by atoms with E-state index < -0.39 is 39.9 Å². The summed E-state index contributed by atoms with van der Waals surface area (Å²) in [5.74, 6) is -1.23. The SMILES string of the molecule is CC(C)CN(C(=O)COC(=O)c1ccc[nH]c1=O)[C@H]1CCS(=O)(=O)C1. The quantitative estimate of drug-likeness (QED) is 0.716. The summed E-state index contributed by atoms with van der Waals surface area (Å²) in [5, 5.41) is 0. The van der Waals surface area contributed by atoms with Gasteiger partial charge in [-0.05, 0) is 24.5 Å². The minimum absolute atomic E-state index is 0.0543. The molecule has 9 heteroatoms. The molecule has 0 radical (unpaired) electrons. The Hall–Kier alpha value is -2.16. The van der Waals surface area contributed by atoms with Crippen molar-refractivity contribution < 1.29 is 22.7 Å². The van der Waals surface area contributed by atoms with Gasteiger partial charge in [0.2, 0.25) is 0 Å². The Bertz CT molecular complexity index is 799. The first kappa shape index (κ1) is 19.2. The number of sulfone groups is 1. The molecule has 1 atom stereocenters. The van der Waals surface area contributed by atoms with Crippen LogP contribution in [-0.2, 0) is 19.4 Å². The summed E-state index contributed by atoms with van der Waals surface area (Å²) in [4.78, 5) is 39.8. The first-order valence-corrected chi connectivity index (χ1v) is 9.86. The number of aromatic amines is 1. The van der Waals surface area contributed by atoms with Gasteiger partial charge in [0.1, 0.15) is 5.56 Å². The van der Waals surface area contributed by atoms with Gasteiger partial charge in [-0.2, -0.15) is 0 Å². The molecule has 2 heterocycles. The van der Waals surface area contributed by atoms with Gasteiger partial charge in [-0.3, -0.25) is 9.59 Å². The van der Waals surface area contributed by atoms with E-state index in [0.717, 1.165) is 0 Å². The molecule has 1 N–H and O–H groups in total. The van der Waals surface area contributed by atoms with E-state index >= 15 is 0 Å². The van der Waals surface area contributed by atoms with E-state index in [1.807, 2.05) is 13.8 Å². The van der Waals surface area contributed by atoms with Crippen molar-refractivity contribution >= 4 is 21.7 Å². The standard InChI is InChI=1S/C16H22N2O6S/c1-11(2)8-18(12-5-7-25(22,23)10-12)14(19)9-24-16(21)13-4-3-6-17-15(13)20/h3-4,6,11-12H,5,7-10H2,1-2H3,(H,17,20)/t12-/m0/s1. The van der Waals surface area contributed by atoms with Gasteiger partial charge >= 0.3 is 5.97 Å². The molecule has 1 saturated heterocycles. The van der Waals surface area contributed by atoms with Crippen molar-refractivity contribution in [2.24, 2.45) is 5.92 Å². The van der Waals surface area contributed by atoms with Crippen LogP contribution in [0.4, 0.5) is 0 Å². The fraction of sp³-hybridized carbons (Fsp3) is 0.562. The normalized spacial score (nSPS) is 18.9. The van der Waals surface area contributed by atoms with Crippen LogP contribution in [0.25, 0.3) is 0 Å². The average molecular weight is 370 g/mol. The summed E-state index contributed by atoms with van der Waals surface area (Å²) in [5.41, 5.74) is -0.782. The predicted octanol–water partition coefficient (Wildman–Crippen LogP) is 0.203. The second kappa shape index (κ2) is 7.81. The lowest BCUT2D eigenvalue weighted by Crippen LogP contribution is -2.45. The van der Waals surface area contributed by atoms with Gasteiger partial charge in [-0.1, -0.05) is 13.8 Å². The van der Waals surface area contributed by atoms with Gasteiger partial charge < -0.3 is 14.6 Å². The van der Waals surface area contributed by atoms with Crippen molar-refractivity contribution in [2.45, 2.75) is 26.3 Å². The maximum absolute atomic E-state index is 12.5. The average Bonchev–Trinajstić information content (AvgIpc) is 2.90. The molecular formula is C16H22N2O6S. The minimum atomic E-state index is -3.14. The number of carbonyl (C=O) groups is 2. The summed E-state index contributed by atoms with van der Waals surface area (Å²) in [7, 11) is -3.14. The number of rotatable bonds is 6. The molecule has 1 aliphatic heterocycles. The van der Waals surface area contributed by atoms with Crippen LogP contribution in [0.2, 0.25) is 0 Å². The van der Waals surface area contributed by atoms with Crippen LogP contribution in [0, 0.1) is 5.92 Å². The topological polar surface area (TPSA) is 114 Å². The van der Waals surface area contributed by atoms with Crippen molar-refractivity contribution in [1.82, 2.24) is 9.88 Å². The highest BCUT2D eigenvalue weighted by Gasteiger charge is 2.35. The molecule has 8 nitrogen and oxygen atoms in total. The van der Waals surface area contributed by atoms with Crippen LogP contribution >= 0.6 is 0 Å². The molecule has 0 unspecified atom stereocenters. The first-order chi connectivity index (χ1) is 11.7. The van der Waals surface area contributed by atoms with Crippen LogP contribution in [0.3, 0.4) is 0 Å². The van der Waals surface area contributed by atoms with Gasteiger partial charge in [-0.15, -0.1) is 0 Å². The number of nitrogens with zero attached hydrogens (tertiary/aromatic N) is 1. The Labute approximate surface area is 146 Å². The number of esters is 1. The number of H-pyrrole nitrogens is 1. The van der Waals surface area contributed by atoms with Crippen molar-refractivity contribution in [3.8, 4) is 0 Å². The molecule has 0 bridgehead atoms. The molecule has 2 rings (SSSR count). The molecule has 1 aromatic rings. The Morgan fingerprint density at radius 1 is 1.40 bits per heavy atom. The molecule has 1 amide bonds. The zero-order valence-corrected chi connectivity index (χ0v) is 15.0. The molecule has 1 fully saturated rings. The number of amides is 1. The number of hydrogen-bond donors (Lipinski definition) is 1. The van der Waals surface area contributed by atoms with Crippen molar-refractivity contribution in [2.75, 3.05) is 24.7 Å². The zero-order chi connectivity index (χ0) is 18.6. The molecule has 0 spiro atoms. The van der Waals surface area contributed by atoms with Crippen molar-refractivity contribution in [3.63, 3.8) is 0 Å². The maximum Gasteiger partial charge on any atom is 0.344 e. The summed E-state index contributed by atoms with van der Waals surface area (Å²) in [6, 6.07) is 2.38. The number of nitrogens with one attached hydrogen (secondary N) is 1. The van der Waals surface area contributed by atoms with E-state index in [9.17, 15) is 22.8 Å². The van der Waals surface area contributed by atoms with E-state index in [1.54, 1.807) is 0 Å². The van der Waals surface area contributed by atoms with E-state index in [1.165, 1.54) is 23.2 Å². The highest BCUT2D eigenvalue weighted by Crippen LogP contribution is 2.19. The number of carbonyl (C=O) groups excluding carboxylic acids is 2. The summed E-state index contributed by atoms with van der Waals surface area (Å²) < 4.78 is 28.3. The summed E-state index contributed by atoms with van der Waals surface area (Å²) >= 11 is 0. The highest BCUT2D eigenvalue weighted by molar-refractivity contribution is 7.91. The molecule has 0 aromatic carbocycles. The second-order valence-electron chi connectivity index (χ2n) is 6.49. The lowest BCUT2D eigenvalue weighted by Gasteiger charge is -2.29. The summed E-state index contributed by atoms with van der Waals surface area (Å²) in [6.07, 6.45) is 1.77. The molecule has 25 heavy (non-hydrogen) atoms. The third kappa shape index (κ3) is 5.15. The highest BCUT2D eigenvalue weighted by atomic mass is 32.2. The third-order valence-corrected chi connectivity index (χ3v) is 5.65. The van der Waals surface area contributed by atoms with E-state index in [0.29, 0.717) is 13.0 Å². The molecule has 1 aromatic heterocycles. The van der Waals surface area contributed by atoms with Gasteiger partial charge in [0.05, 0.1) is 11.5 Å². The number of pyridine rings is 1. The molecule has 138 valence electrons. The monoisotopic (exact) mass is 370 g/mol. The van der Waals surface area contributed by atoms with Crippen molar-refractivity contribution in [3.05, 3.63) is 34.2 Å². The minimum Gasteiger partial charge on any atom is -0.452 e. The molecular weight excluding hydrogens is 348 g/mol. The maximum atomic E-state index is 12.5. The van der Waals surface area contributed by atoms with E-state index in [-0.39, 0.29) is 23.0 Å². The van der Waals surface area contributed by atoms with Crippen LogP contribution in [0.15, 0.2) is 23.1 Å². The van der Waals surface area contributed by atoms with E-state index in [4.69, 9.17) is 4.74 Å². The van der Waals surface area contributed by atoms with Crippen LogP contribution in [0.5, 0.6) is 0 Å². The Morgan fingerprint density at radius 2 is 2.12 bits per heavy atom. The predicted molar refractivity (Wildman–Crippen MR) is 91.0 cm³/mol. The summed E-state index contributed by atoms with van der Waals surface area (Å²) in [6.45, 7) is 3.68. The number of ether oxygens (including phenoxy) is 1.